The Labute approximate surface area is 100.0 Å². The third kappa shape index (κ3) is 4.04. The topological polar surface area (TPSA) is 27.3 Å². The van der Waals surface area contributed by atoms with Crippen LogP contribution in [0.25, 0.3) is 0 Å². The maximum absolute atomic E-state index is 3.76. The highest BCUT2D eigenvalue weighted by Crippen LogP contribution is 2.09. The van der Waals surface area contributed by atoms with Gasteiger partial charge in [-0.25, -0.2) is 0 Å². The van der Waals surface area contributed by atoms with Crippen molar-refractivity contribution in [2.75, 3.05) is 32.7 Å². The normalized spacial score (nSPS) is 30.2. The summed E-state index contributed by atoms with van der Waals surface area (Å²) in [6, 6.07) is 1.34. The molecule has 2 unspecified atom stereocenters. The van der Waals surface area contributed by atoms with Crippen molar-refractivity contribution in [1.29, 1.82) is 0 Å². The zero-order valence-electron chi connectivity index (χ0n) is 10.7. The molecule has 0 bridgehead atoms. The fourth-order valence-corrected chi connectivity index (χ4v) is 2.98. The molecule has 2 fully saturated rings. The Morgan fingerprint density at radius 1 is 1.25 bits per heavy atom. The Morgan fingerprint density at radius 3 is 2.75 bits per heavy atom. The standard InChI is InChI=1S/C13H27N3/c1-12(11-16-8-3-2-4-9-16)15-13-6-5-7-14-10-13/h12-15H,2-11H2,1H3. The van der Waals surface area contributed by atoms with E-state index in [1.807, 2.05) is 0 Å². The van der Waals surface area contributed by atoms with Crippen LogP contribution in [0.3, 0.4) is 0 Å². The van der Waals surface area contributed by atoms with Gasteiger partial charge in [0.25, 0.3) is 0 Å². The zero-order chi connectivity index (χ0) is 11.2. The Hall–Kier alpha value is -0.120. The number of rotatable bonds is 4. The van der Waals surface area contributed by atoms with Gasteiger partial charge in [0.05, 0.1) is 0 Å². The van der Waals surface area contributed by atoms with E-state index in [1.165, 1.54) is 58.3 Å². The predicted octanol–water partition coefficient (Wildman–Crippen LogP) is 1.20. The SMILES string of the molecule is CC(CN1CCCCC1)NC1CCCNC1. The average Bonchev–Trinajstić information content (AvgIpc) is 2.31. The molecule has 0 aromatic carbocycles. The summed E-state index contributed by atoms with van der Waals surface area (Å²) < 4.78 is 0. The lowest BCUT2D eigenvalue weighted by Crippen LogP contribution is -2.50. The number of likely N-dealkylation sites (tertiary alicyclic amines) is 1. The molecule has 0 saturated carbocycles. The summed E-state index contributed by atoms with van der Waals surface area (Å²) in [6.07, 6.45) is 6.91. The molecule has 94 valence electrons. The van der Waals surface area contributed by atoms with Crippen LogP contribution in [0.5, 0.6) is 0 Å². The maximum atomic E-state index is 3.76. The van der Waals surface area contributed by atoms with E-state index in [0.717, 1.165) is 6.54 Å². The van der Waals surface area contributed by atoms with E-state index >= 15 is 0 Å². The molecule has 2 atom stereocenters. The van der Waals surface area contributed by atoms with Crippen molar-refractivity contribution in [1.82, 2.24) is 15.5 Å². The van der Waals surface area contributed by atoms with Crippen LogP contribution in [-0.2, 0) is 0 Å². The van der Waals surface area contributed by atoms with E-state index in [4.69, 9.17) is 0 Å². The quantitative estimate of drug-likeness (QED) is 0.753. The van der Waals surface area contributed by atoms with Crippen molar-refractivity contribution in [2.45, 2.75) is 51.1 Å². The molecule has 0 aromatic heterocycles. The van der Waals surface area contributed by atoms with Gasteiger partial charge in [0.15, 0.2) is 0 Å². The zero-order valence-corrected chi connectivity index (χ0v) is 10.7. The molecule has 0 aromatic rings. The summed E-state index contributed by atoms with van der Waals surface area (Å²) in [5, 5.41) is 7.23. The number of piperidine rings is 2. The highest BCUT2D eigenvalue weighted by atomic mass is 15.2. The lowest BCUT2D eigenvalue weighted by Gasteiger charge is -2.32. The number of nitrogens with one attached hydrogen (secondary N) is 2. The molecule has 3 heteroatoms. The molecular formula is C13H27N3. The van der Waals surface area contributed by atoms with Gasteiger partial charge in [-0.1, -0.05) is 6.42 Å². The largest absolute Gasteiger partial charge is 0.315 e. The van der Waals surface area contributed by atoms with Crippen LogP contribution in [-0.4, -0.2) is 49.7 Å². The molecule has 2 saturated heterocycles. The number of nitrogens with zero attached hydrogens (tertiary/aromatic N) is 1. The molecule has 2 heterocycles. The lowest BCUT2D eigenvalue weighted by atomic mass is 10.1. The summed E-state index contributed by atoms with van der Waals surface area (Å²) in [7, 11) is 0. The Morgan fingerprint density at radius 2 is 2.06 bits per heavy atom. The van der Waals surface area contributed by atoms with Gasteiger partial charge in [-0.15, -0.1) is 0 Å². The summed E-state index contributed by atoms with van der Waals surface area (Å²) in [5.41, 5.74) is 0. The van der Waals surface area contributed by atoms with Gasteiger partial charge in [-0.2, -0.15) is 0 Å². The van der Waals surface area contributed by atoms with Crippen LogP contribution in [0.4, 0.5) is 0 Å². The van der Waals surface area contributed by atoms with Gasteiger partial charge in [0, 0.05) is 25.2 Å². The van der Waals surface area contributed by atoms with E-state index in [9.17, 15) is 0 Å². The minimum Gasteiger partial charge on any atom is -0.315 e. The van der Waals surface area contributed by atoms with Crippen LogP contribution in [0.1, 0.15) is 39.0 Å². The molecular weight excluding hydrogens is 198 g/mol. The Balaban J connectivity index is 1.64. The van der Waals surface area contributed by atoms with Gasteiger partial charge in [-0.05, 0) is 52.2 Å². The Bertz CT molecular complexity index is 164. The molecule has 2 N–H and O–H groups in total. The fourth-order valence-electron chi connectivity index (χ4n) is 2.98. The van der Waals surface area contributed by atoms with Gasteiger partial charge >= 0.3 is 0 Å². The maximum Gasteiger partial charge on any atom is 0.0195 e. The highest BCUT2D eigenvalue weighted by Gasteiger charge is 2.17. The summed E-state index contributed by atoms with van der Waals surface area (Å²) in [5.74, 6) is 0. The lowest BCUT2D eigenvalue weighted by molar-refractivity contribution is 0.200. The number of hydrogen-bond acceptors (Lipinski definition) is 3. The summed E-state index contributed by atoms with van der Waals surface area (Å²) in [6.45, 7) is 8.56. The minimum absolute atomic E-state index is 0.642. The molecule has 2 aliphatic rings. The predicted molar refractivity (Wildman–Crippen MR) is 68.8 cm³/mol. The molecule has 0 spiro atoms. The van der Waals surface area contributed by atoms with Crippen molar-refractivity contribution in [3.8, 4) is 0 Å². The first-order chi connectivity index (χ1) is 7.84. The van der Waals surface area contributed by atoms with Crippen LogP contribution in [0, 0.1) is 0 Å². The molecule has 2 aliphatic heterocycles. The molecule has 2 rings (SSSR count). The van der Waals surface area contributed by atoms with Crippen molar-refractivity contribution in [3.05, 3.63) is 0 Å². The summed E-state index contributed by atoms with van der Waals surface area (Å²) >= 11 is 0. The van der Waals surface area contributed by atoms with E-state index in [2.05, 4.69) is 22.5 Å². The first kappa shape index (κ1) is 12.3. The molecule has 0 radical (unpaired) electrons. The van der Waals surface area contributed by atoms with Crippen LogP contribution in [0.2, 0.25) is 0 Å². The first-order valence-electron chi connectivity index (χ1n) is 7.04. The second-order valence-corrected chi connectivity index (χ2v) is 5.47. The average molecular weight is 225 g/mol. The van der Waals surface area contributed by atoms with E-state index < -0.39 is 0 Å². The van der Waals surface area contributed by atoms with E-state index in [-0.39, 0.29) is 0 Å². The monoisotopic (exact) mass is 225 g/mol. The number of hydrogen-bond donors (Lipinski definition) is 2. The highest BCUT2D eigenvalue weighted by molar-refractivity contribution is 4.79. The summed E-state index contributed by atoms with van der Waals surface area (Å²) in [4.78, 5) is 2.62. The second-order valence-electron chi connectivity index (χ2n) is 5.47. The van der Waals surface area contributed by atoms with Crippen LogP contribution in [0.15, 0.2) is 0 Å². The van der Waals surface area contributed by atoms with Gasteiger partial charge in [-0.3, -0.25) is 0 Å². The van der Waals surface area contributed by atoms with Gasteiger partial charge < -0.3 is 15.5 Å². The third-order valence-electron chi connectivity index (χ3n) is 3.80. The van der Waals surface area contributed by atoms with Crippen molar-refractivity contribution >= 4 is 0 Å². The fraction of sp³-hybridized carbons (Fsp3) is 1.00. The molecule has 3 nitrogen and oxygen atoms in total. The van der Waals surface area contributed by atoms with Crippen LogP contribution < -0.4 is 10.6 Å². The first-order valence-corrected chi connectivity index (χ1v) is 7.04. The molecule has 0 aliphatic carbocycles. The smallest absolute Gasteiger partial charge is 0.0195 e. The van der Waals surface area contributed by atoms with Crippen LogP contribution >= 0.6 is 0 Å². The van der Waals surface area contributed by atoms with Crippen molar-refractivity contribution in [3.63, 3.8) is 0 Å². The van der Waals surface area contributed by atoms with E-state index in [0.29, 0.717) is 12.1 Å². The van der Waals surface area contributed by atoms with E-state index in [1.54, 1.807) is 0 Å². The minimum atomic E-state index is 0.642. The third-order valence-corrected chi connectivity index (χ3v) is 3.80. The van der Waals surface area contributed by atoms with Gasteiger partial charge in [0.1, 0.15) is 0 Å². The molecule has 0 amide bonds. The van der Waals surface area contributed by atoms with Gasteiger partial charge in [0.2, 0.25) is 0 Å². The van der Waals surface area contributed by atoms with Crippen molar-refractivity contribution < 1.29 is 0 Å². The Kier molecular flexibility index (Phi) is 5.07. The molecule has 16 heavy (non-hydrogen) atoms. The second kappa shape index (κ2) is 6.58. The van der Waals surface area contributed by atoms with Crippen molar-refractivity contribution in [2.24, 2.45) is 0 Å².